The van der Waals surface area contributed by atoms with Crippen LogP contribution in [0.1, 0.15) is 57.2 Å². The van der Waals surface area contributed by atoms with E-state index in [-0.39, 0.29) is 6.04 Å². The molecule has 0 spiro atoms. The van der Waals surface area contributed by atoms with Gasteiger partial charge in [0.2, 0.25) is 0 Å². The summed E-state index contributed by atoms with van der Waals surface area (Å²) in [5, 5.41) is 4.86. The molecule has 2 nitrogen and oxygen atoms in total. The molecule has 1 aromatic heterocycles. The smallest absolute Gasteiger partial charge is 0.115 e. The maximum absolute atomic E-state index is 4.79. The Morgan fingerprint density at radius 3 is 2.29 bits per heavy atom. The monoisotopic (exact) mass is 302 g/mol. The van der Waals surface area contributed by atoms with E-state index >= 15 is 0 Å². The van der Waals surface area contributed by atoms with Crippen molar-refractivity contribution in [1.82, 2.24) is 10.3 Å². The summed E-state index contributed by atoms with van der Waals surface area (Å²) < 4.78 is 0. The van der Waals surface area contributed by atoms with Gasteiger partial charge in [-0.15, -0.1) is 11.3 Å². The Morgan fingerprint density at radius 2 is 1.71 bits per heavy atom. The zero-order valence-electron chi connectivity index (χ0n) is 14.0. The summed E-state index contributed by atoms with van der Waals surface area (Å²) >= 11 is 1.81. The van der Waals surface area contributed by atoms with Crippen LogP contribution in [0.15, 0.2) is 12.1 Å². The highest BCUT2D eigenvalue weighted by Crippen LogP contribution is 2.31. The summed E-state index contributed by atoms with van der Waals surface area (Å²) in [4.78, 5) is 6.10. The minimum atomic E-state index is 0.210. The summed E-state index contributed by atoms with van der Waals surface area (Å²) in [6.45, 7) is 14.0. The minimum Gasteiger partial charge on any atom is -0.304 e. The summed E-state index contributed by atoms with van der Waals surface area (Å²) in [6.07, 6.45) is 1.13. The van der Waals surface area contributed by atoms with E-state index in [9.17, 15) is 0 Å². The highest BCUT2D eigenvalue weighted by Gasteiger charge is 2.20. The topological polar surface area (TPSA) is 24.9 Å². The molecular weight excluding hydrogens is 276 g/mol. The van der Waals surface area contributed by atoms with Crippen LogP contribution in [0.2, 0.25) is 0 Å². The first-order valence-corrected chi connectivity index (χ1v) is 8.50. The first kappa shape index (κ1) is 16.2. The van der Waals surface area contributed by atoms with Gasteiger partial charge in [-0.25, -0.2) is 4.98 Å². The first-order valence-electron chi connectivity index (χ1n) is 7.69. The maximum Gasteiger partial charge on any atom is 0.115 e. The standard InChI is InChI=1S/C18H26N2S/c1-7-8-19-17(18-20-14(5)15(6)21-18)16-10-12(3)11(2)9-13(16)4/h9-10,17,19H,7-8H2,1-6H3. The van der Waals surface area contributed by atoms with E-state index in [4.69, 9.17) is 4.98 Å². The number of aryl methyl sites for hydroxylation is 5. The van der Waals surface area contributed by atoms with Gasteiger partial charge in [0.1, 0.15) is 5.01 Å². The van der Waals surface area contributed by atoms with Gasteiger partial charge in [0, 0.05) is 4.88 Å². The van der Waals surface area contributed by atoms with Crippen molar-refractivity contribution in [1.29, 1.82) is 0 Å². The molecule has 1 atom stereocenters. The second kappa shape index (κ2) is 6.71. The van der Waals surface area contributed by atoms with Crippen molar-refractivity contribution >= 4 is 11.3 Å². The Kier molecular flexibility index (Phi) is 5.17. The Labute approximate surface area is 132 Å². The lowest BCUT2D eigenvalue weighted by Crippen LogP contribution is -2.24. The van der Waals surface area contributed by atoms with Gasteiger partial charge in [0.05, 0.1) is 11.7 Å². The number of hydrogen-bond acceptors (Lipinski definition) is 3. The molecule has 0 amide bonds. The fourth-order valence-corrected chi connectivity index (χ4v) is 3.55. The van der Waals surface area contributed by atoms with Crippen molar-refractivity contribution in [3.05, 3.63) is 50.0 Å². The van der Waals surface area contributed by atoms with Crippen LogP contribution >= 0.6 is 11.3 Å². The van der Waals surface area contributed by atoms with E-state index in [0.717, 1.165) is 18.7 Å². The second-order valence-corrected chi connectivity index (χ2v) is 7.11. The lowest BCUT2D eigenvalue weighted by molar-refractivity contribution is 0.592. The molecule has 2 aromatic rings. The number of aromatic nitrogens is 1. The Morgan fingerprint density at radius 1 is 1.05 bits per heavy atom. The summed E-state index contributed by atoms with van der Waals surface area (Å²) in [7, 11) is 0. The third-order valence-corrected chi connectivity index (χ3v) is 5.22. The number of thiazole rings is 1. The third kappa shape index (κ3) is 3.53. The molecule has 1 N–H and O–H groups in total. The van der Waals surface area contributed by atoms with Crippen molar-refractivity contribution in [3.8, 4) is 0 Å². The molecule has 21 heavy (non-hydrogen) atoms. The van der Waals surface area contributed by atoms with Crippen molar-refractivity contribution in [2.75, 3.05) is 6.54 Å². The summed E-state index contributed by atoms with van der Waals surface area (Å²) in [5.74, 6) is 0. The van der Waals surface area contributed by atoms with Crippen LogP contribution in [-0.2, 0) is 0 Å². The molecule has 0 fully saturated rings. The predicted octanol–water partition coefficient (Wildman–Crippen LogP) is 4.77. The van der Waals surface area contributed by atoms with Crippen LogP contribution in [0.4, 0.5) is 0 Å². The molecule has 2 rings (SSSR count). The minimum absolute atomic E-state index is 0.210. The van der Waals surface area contributed by atoms with Gasteiger partial charge >= 0.3 is 0 Å². The van der Waals surface area contributed by atoms with E-state index in [1.54, 1.807) is 0 Å². The SMILES string of the molecule is CCCNC(c1nc(C)c(C)s1)c1cc(C)c(C)cc1C. The Hall–Kier alpha value is -1.19. The number of benzene rings is 1. The zero-order chi connectivity index (χ0) is 15.6. The number of nitrogens with zero attached hydrogens (tertiary/aromatic N) is 1. The van der Waals surface area contributed by atoms with Gasteiger partial charge in [-0.2, -0.15) is 0 Å². The van der Waals surface area contributed by atoms with E-state index in [0.29, 0.717) is 0 Å². The summed E-state index contributed by atoms with van der Waals surface area (Å²) in [6, 6.07) is 4.82. The highest BCUT2D eigenvalue weighted by molar-refractivity contribution is 7.11. The van der Waals surface area contributed by atoms with Crippen molar-refractivity contribution < 1.29 is 0 Å². The zero-order valence-corrected chi connectivity index (χ0v) is 14.8. The number of hydrogen-bond donors (Lipinski definition) is 1. The van der Waals surface area contributed by atoms with Crippen LogP contribution in [0.5, 0.6) is 0 Å². The van der Waals surface area contributed by atoms with Crippen molar-refractivity contribution in [2.45, 2.75) is 54.0 Å². The third-order valence-electron chi connectivity index (χ3n) is 4.08. The largest absolute Gasteiger partial charge is 0.304 e. The Balaban J connectivity index is 2.47. The van der Waals surface area contributed by atoms with Crippen LogP contribution in [0.25, 0.3) is 0 Å². The average molecular weight is 302 g/mol. The van der Waals surface area contributed by atoms with Crippen LogP contribution < -0.4 is 5.32 Å². The van der Waals surface area contributed by atoms with E-state index < -0.39 is 0 Å². The molecule has 0 aliphatic heterocycles. The first-order chi connectivity index (χ1) is 9.93. The molecule has 0 radical (unpaired) electrons. The van der Waals surface area contributed by atoms with Crippen LogP contribution in [0.3, 0.4) is 0 Å². The molecule has 1 heterocycles. The second-order valence-electron chi connectivity index (χ2n) is 5.87. The molecule has 0 aliphatic carbocycles. The molecule has 0 bridgehead atoms. The normalized spacial score (nSPS) is 12.7. The fraction of sp³-hybridized carbons (Fsp3) is 0.500. The van der Waals surface area contributed by atoms with E-state index in [2.05, 4.69) is 59.0 Å². The quantitative estimate of drug-likeness (QED) is 0.860. The average Bonchev–Trinajstić information content (AvgIpc) is 2.75. The Bertz CT molecular complexity index is 609. The number of rotatable bonds is 5. The molecule has 114 valence electrons. The molecule has 0 aliphatic rings. The lowest BCUT2D eigenvalue weighted by Gasteiger charge is -2.20. The summed E-state index contributed by atoms with van der Waals surface area (Å²) in [5.41, 5.74) is 6.57. The maximum atomic E-state index is 4.79. The lowest BCUT2D eigenvalue weighted by atomic mass is 9.96. The molecule has 3 heteroatoms. The molecule has 1 unspecified atom stereocenters. The van der Waals surface area contributed by atoms with Crippen molar-refractivity contribution in [3.63, 3.8) is 0 Å². The molecule has 0 saturated carbocycles. The molecular formula is C18H26N2S. The predicted molar refractivity (Wildman–Crippen MR) is 92.4 cm³/mol. The van der Waals surface area contributed by atoms with Crippen LogP contribution in [-0.4, -0.2) is 11.5 Å². The number of nitrogens with one attached hydrogen (secondary N) is 1. The van der Waals surface area contributed by atoms with Gasteiger partial charge in [0.25, 0.3) is 0 Å². The van der Waals surface area contributed by atoms with Gasteiger partial charge < -0.3 is 5.32 Å². The fourth-order valence-electron chi connectivity index (χ4n) is 2.53. The van der Waals surface area contributed by atoms with Crippen LogP contribution in [0, 0.1) is 34.6 Å². The molecule has 0 saturated heterocycles. The van der Waals surface area contributed by atoms with Gasteiger partial charge in [-0.05, 0) is 69.8 Å². The highest BCUT2D eigenvalue weighted by atomic mass is 32.1. The van der Waals surface area contributed by atoms with Gasteiger partial charge in [-0.3, -0.25) is 0 Å². The van der Waals surface area contributed by atoms with E-state index in [1.165, 1.54) is 32.1 Å². The van der Waals surface area contributed by atoms with Gasteiger partial charge in [-0.1, -0.05) is 19.1 Å². The van der Waals surface area contributed by atoms with Crippen molar-refractivity contribution in [2.24, 2.45) is 0 Å². The molecule has 1 aromatic carbocycles. The van der Waals surface area contributed by atoms with E-state index in [1.807, 2.05) is 11.3 Å². The van der Waals surface area contributed by atoms with Gasteiger partial charge in [0.15, 0.2) is 0 Å².